The molecule has 0 aromatic carbocycles. The van der Waals surface area contributed by atoms with Crippen molar-refractivity contribution in [2.75, 3.05) is 23.7 Å². The van der Waals surface area contributed by atoms with Crippen LogP contribution in [0.25, 0.3) is 0 Å². The molecule has 98 valence electrons. The van der Waals surface area contributed by atoms with E-state index in [9.17, 15) is 10.1 Å². The van der Waals surface area contributed by atoms with Gasteiger partial charge in [0.2, 0.25) is 5.82 Å². The van der Waals surface area contributed by atoms with Crippen molar-refractivity contribution in [3.8, 4) is 0 Å². The van der Waals surface area contributed by atoms with E-state index in [0.717, 1.165) is 13.0 Å². The third-order valence-corrected chi connectivity index (χ3v) is 3.37. The fourth-order valence-corrected chi connectivity index (χ4v) is 2.40. The molecule has 7 nitrogen and oxygen atoms in total. The Kier molecular flexibility index (Phi) is 3.33. The van der Waals surface area contributed by atoms with E-state index >= 15 is 0 Å². The Balaban J connectivity index is 2.24. The molecule has 1 aromatic heterocycles. The van der Waals surface area contributed by atoms with E-state index in [1.165, 1.54) is 6.07 Å². The summed E-state index contributed by atoms with van der Waals surface area (Å²) in [6.07, 6.45) is 1.01. The second kappa shape index (κ2) is 4.77. The van der Waals surface area contributed by atoms with Crippen molar-refractivity contribution >= 4 is 17.3 Å². The average Bonchev–Trinajstić information content (AvgIpc) is 2.70. The Hall–Kier alpha value is -1.89. The molecule has 2 heterocycles. The molecule has 2 unspecified atom stereocenters. The number of nitro groups is 1. The number of pyridine rings is 1. The van der Waals surface area contributed by atoms with Crippen LogP contribution in [0.2, 0.25) is 0 Å². The van der Waals surface area contributed by atoms with Gasteiger partial charge < -0.3 is 16.4 Å². The zero-order valence-corrected chi connectivity index (χ0v) is 10.2. The third-order valence-electron chi connectivity index (χ3n) is 3.37. The van der Waals surface area contributed by atoms with Gasteiger partial charge >= 0.3 is 5.69 Å². The van der Waals surface area contributed by atoms with Crippen LogP contribution >= 0.6 is 0 Å². The van der Waals surface area contributed by atoms with Gasteiger partial charge in [-0.05, 0) is 31.9 Å². The van der Waals surface area contributed by atoms with Crippen LogP contribution in [0.5, 0.6) is 0 Å². The highest BCUT2D eigenvalue weighted by Gasteiger charge is 2.29. The van der Waals surface area contributed by atoms with Gasteiger partial charge in [-0.1, -0.05) is 0 Å². The van der Waals surface area contributed by atoms with Crippen LogP contribution in [0, 0.1) is 16.0 Å². The number of hydrogen-bond donors (Lipinski definition) is 2. The summed E-state index contributed by atoms with van der Waals surface area (Å²) in [6, 6.07) is 3.37. The number of aromatic nitrogens is 1. The molecule has 2 atom stereocenters. The van der Waals surface area contributed by atoms with E-state index in [4.69, 9.17) is 11.5 Å². The van der Waals surface area contributed by atoms with E-state index in [1.807, 2.05) is 0 Å². The smallest absolute Gasteiger partial charge is 0.311 e. The van der Waals surface area contributed by atoms with Gasteiger partial charge in [0.15, 0.2) is 0 Å². The van der Waals surface area contributed by atoms with Gasteiger partial charge in [-0.2, -0.15) is 0 Å². The van der Waals surface area contributed by atoms with E-state index in [2.05, 4.69) is 16.8 Å². The maximum absolute atomic E-state index is 10.7. The molecule has 1 fully saturated rings. The fraction of sp³-hybridized carbons (Fsp3) is 0.545. The summed E-state index contributed by atoms with van der Waals surface area (Å²) in [4.78, 5) is 16.4. The number of rotatable bonds is 3. The van der Waals surface area contributed by atoms with Crippen molar-refractivity contribution in [3.05, 3.63) is 22.2 Å². The van der Waals surface area contributed by atoms with Crippen LogP contribution in [0.3, 0.4) is 0 Å². The van der Waals surface area contributed by atoms with Gasteiger partial charge in [0.25, 0.3) is 0 Å². The van der Waals surface area contributed by atoms with Crippen molar-refractivity contribution in [2.24, 2.45) is 11.7 Å². The van der Waals surface area contributed by atoms with Crippen LogP contribution in [0.15, 0.2) is 12.1 Å². The van der Waals surface area contributed by atoms with Crippen LogP contribution in [0.4, 0.5) is 17.3 Å². The van der Waals surface area contributed by atoms with Crippen molar-refractivity contribution in [3.63, 3.8) is 0 Å². The largest absolute Gasteiger partial charge is 0.378 e. The monoisotopic (exact) mass is 251 g/mol. The van der Waals surface area contributed by atoms with Crippen molar-refractivity contribution in [1.29, 1.82) is 0 Å². The minimum atomic E-state index is -0.526. The lowest BCUT2D eigenvalue weighted by Gasteiger charge is -2.22. The molecule has 1 saturated heterocycles. The summed E-state index contributed by atoms with van der Waals surface area (Å²) < 4.78 is 0. The molecule has 18 heavy (non-hydrogen) atoms. The molecule has 0 amide bonds. The highest BCUT2D eigenvalue weighted by atomic mass is 16.6. The first kappa shape index (κ1) is 12.6. The highest BCUT2D eigenvalue weighted by molar-refractivity contribution is 5.58. The zero-order chi connectivity index (χ0) is 13.3. The molecule has 1 aromatic rings. The quantitative estimate of drug-likeness (QED) is 0.605. The zero-order valence-electron chi connectivity index (χ0n) is 10.2. The van der Waals surface area contributed by atoms with Gasteiger partial charge in [0.05, 0.1) is 4.92 Å². The van der Waals surface area contributed by atoms with E-state index in [0.29, 0.717) is 24.3 Å². The van der Waals surface area contributed by atoms with Gasteiger partial charge in [-0.25, -0.2) is 4.98 Å². The maximum Gasteiger partial charge on any atom is 0.311 e. The Labute approximate surface area is 105 Å². The van der Waals surface area contributed by atoms with E-state index < -0.39 is 4.92 Å². The minimum absolute atomic E-state index is 0.0408. The van der Waals surface area contributed by atoms with Gasteiger partial charge in [-0.3, -0.25) is 10.1 Å². The maximum atomic E-state index is 10.7. The fourth-order valence-electron chi connectivity index (χ4n) is 2.40. The first-order valence-corrected chi connectivity index (χ1v) is 5.90. The lowest BCUT2D eigenvalue weighted by molar-refractivity contribution is -0.384. The Bertz CT molecular complexity index is 465. The van der Waals surface area contributed by atoms with Crippen LogP contribution < -0.4 is 16.4 Å². The molecule has 0 spiro atoms. The lowest BCUT2D eigenvalue weighted by atomic mass is 10.1. The standard InChI is InChI=1S/C11H17N5O2/c1-7-4-8(5-12)6-15(7)10-3-2-9(16(17)18)11(13)14-10/h2-3,7-8H,4-6,12H2,1H3,(H2,13,14). The Morgan fingerprint density at radius 2 is 2.33 bits per heavy atom. The van der Waals surface area contributed by atoms with E-state index in [-0.39, 0.29) is 11.5 Å². The van der Waals surface area contributed by atoms with Crippen molar-refractivity contribution < 1.29 is 4.92 Å². The molecule has 1 aliphatic heterocycles. The number of anilines is 2. The Morgan fingerprint density at radius 3 is 2.83 bits per heavy atom. The second-order valence-electron chi connectivity index (χ2n) is 4.67. The molecule has 7 heteroatoms. The SMILES string of the molecule is CC1CC(CN)CN1c1ccc([N+](=O)[O-])c(N)n1. The summed E-state index contributed by atoms with van der Waals surface area (Å²) in [5.41, 5.74) is 11.1. The normalized spacial score (nSPS) is 23.3. The summed E-state index contributed by atoms with van der Waals surface area (Å²) in [5, 5.41) is 10.7. The summed E-state index contributed by atoms with van der Waals surface area (Å²) >= 11 is 0. The predicted molar refractivity (Wildman–Crippen MR) is 69.3 cm³/mol. The Morgan fingerprint density at radius 1 is 1.61 bits per heavy atom. The van der Waals surface area contributed by atoms with Gasteiger partial charge in [-0.15, -0.1) is 0 Å². The lowest BCUT2D eigenvalue weighted by Crippen LogP contribution is -2.28. The number of nitrogen functional groups attached to an aromatic ring is 1. The topological polar surface area (TPSA) is 111 Å². The number of hydrogen-bond acceptors (Lipinski definition) is 6. The highest BCUT2D eigenvalue weighted by Crippen LogP contribution is 2.30. The molecule has 0 aliphatic carbocycles. The summed E-state index contributed by atoms with van der Waals surface area (Å²) in [5.74, 6) is 1.08. The second-order valence-corrected chi connectivity index (χ2v) is 4.67. The van der Waals surface area contributed by atoms with Crippen molar-refractivity contribution in [2.45, 2.75) is 19.4 Å². The summed E-state index contributed by atoms with van der Waals surface area (Å²) in [6.45, 7) is 3.56. The number of nitrogens with two attached hydrogens (primary N) is 2. The van der Waals surface area contributed by atoms with Crippen LogP contribution in [-0.2, 0) is 0 Å². The first-order valence-electron chi connectivity index (χ1n) is 5.90. The molecule has 0 bridgehead atoms. The third kappa shape index (κ3) is 2.21. The van der Waals surface area contributed by atoms with Gasteiger partial charge in [0.1, 0.15) is 5.82 Å². The predicted octanol–water partition coefficient (Wildman–Crippen LogP) is 0.745. The summed E-state index contributed by atoms with van der Waals surface area (Å²) in [7, 11) is 0. The molecular weight excluding hydrogens is 234 g/mol. The number of nitrogens with zero attached hydrogens (tertiary/aromatic N) is 3. The molecular formula is C11H17N5O2. The van der Waals surface area contributed by atoms with Crippen LogP contribution in [0.1, 0.15) is 13.3 Å². The van der Waals surface area contributed by atoms with Crippen LogP contribution in [-0.4, -0.2) is 29.0 Å². The first-order chi connectivity index (χ1) is 8.52. The van der Waals surface area contributed by atoms with Crippen molar-refractivity contribution in [1.82, 2.24) is 4.98 Å². The average molecular weight is 251 g/mol. The molecule has 0 radical (unpaired) electrons. The molecule has 2 rings (SSSR count). The van der Waals surface area contributed by atoms with Gasteiger partial charge in [0, 0.05) is 18.7 Å². The molecule has 1 aliphatic rings. The minimum Gasteiger partial charge on any atom is -0.378 e. The molecule has 4 N–H and O–H groups in total. The molecule has 0 saturated carbocycles. The van der Waals surface area contributed by atoms with E-state index in [1.54, 1.807) is 6.07 Å².